The Morgan fingerprint density at radius 2 is 1.90 bits per heavy atom. The van der Waals surface area contributed by atoms with Crippen LogP contribution < -0.4 is 15.8 Å². The van der Waals surface area contributed by atoms with Crippen LogP contribution >= 0.6 is 11.3 Å². The van der Waals surface area contributed by atoms with Crippen molar-refractivity contribution >= 4 is 32.9 Å². The Bertz CT molecular complexity index is 1300. The van der Waals surface area contributed by atoms with Gasteiger partial charge in [-0.2, -0.15) is 0 Å². The molecule has 7 heteroatoms. The maximum absolute atomic E-state index is 12.9. The number of nitrogens with zero attached hydrogens (tertiary/aromatic N) is 4. The summed E-state index contributed by atoms with van der Waals surface area (Å²) in [5.74, 6) is 1.43. The lowest BCUT2D eigenvalue weighted by atomic mass is 10.0. The van der Waals surface area contributed by atoms with Crippen molar-refractivity contribution in [1.82, 2.24) is 19.7 Å². The Hall–Kier alpha value is -2.77. The lowest BCUT2D eigenvalue weighted by molar-refractivity contribution is 0.533. The fourth-order valence-electron chi connectivity index (χ4n) is 4.69. The minimum Gasteiger partial charge on any atom is -0.370 e. The average Bonchev–Trinajstić information content (AvgIpc) is 3.40. The molecule has 6 rings (SSSR count). The number of aromatic nitrogens is 3. The fourth-order valence-corrected chi connectivity index (χ4v) is 5.50. The van der Waals surface area contributed by atoms with Crippen LogP contribution in [0.15, 0.2) is 47.4 Å². The molecule has 0 unspecified atom stereocenters. The molecule has 0 saturated carbocycles. The molecule has 2 aliphatic rings. The first kappa shape index (κ1) is 17.1. The van der Waals surface area contributed by atoms with Crippen molar-refractivity contribution in [3.63, 3.8) is 0 Å². The van der Waals surface area contributed by atoms with Crippen molar-refractivity contribution in [2.45, 2.75) is 6.92 Å². The summed E-state index contributed by atoms with van der Waals surface area (Å²) in [4.78, 5) is 24.6. The van der Waals surface area contributed by atoms with Gasteiger partial charge >= 0.3 is 0 Å². The molecule has 5 heterocycles. The van der Waals surface area contributed by atoms with E-state index in [4.69, 9.17) is 4.98 Å². The number of hydrogen-bond donors (Lipinski definition) is 1. The first-order valence-corrected chi connectivity index (χ1v) is 10.8. The van der Waals surface area contributed by atoms with Gasteiger partial charge in [-0.15, -0.1) is 11.3 Å². The average molecular weight is 404 g/mol. The molecular formula is C22H21N5OS. The SMILES string of the molecule is Cc1nc2cc(-c3cc(=O)n4cc(N5C[C@H]6CNC[C@H]6C5)ccc4n3)ccc2s1. The normalized spacial score (nSPS) is 21.3. The number of nitrogens with one attached hydrogen (secondary N) is 1. The zero-order valence-electron chi connectivity index (χ0n) is 16.1. The van der Waals surface area contributed by atoms with E-state index in [2.05, 4.69) is 27.3 Å². The molecule has 0 bridgehead atoms. The van der Waals surface area contributed by atoms with Crippen LogP contribution in [-0.2, 0) is 0 Å². The highest BCUT2D eigenvalue weighted by molar-refractivity contribution is 7.18. The highest BCUT2D eigenvalue weighted by atomic mass is 32.1. The van der Waals surface area contributed by atoms with Crippen LogP contribution in [0.2, 0.25) is 0 Å². The lowest BCUT2D eigenvalue weighted by Gasteiger charge is -2.20. The molecule has 146 valence electrons. The van der Waals surface area contributed by atoms with E-state index in [1.165, 1.54) is 0 Å². The molecule has 6 nitrogen and oxygen atoms in total. The first-order valence-electron chi connectivity index (χ1n) is 10.0. The molecule has 2 atom stereocenters. The molecule has 1 aromatic carbocycles. The molecule has 0 amide bonds. The Morgan fingerprint density at radius 3 is 2.72 bits per heavy atom. The van der Waals surface area contributed by atoms with E-state index < -0.39 is 0 Å². The Morgan fingerprint density at radius 1 is 1.07 bits per heavy atom. The Labute approximate surface area is 171 Å². The number of pyridine rings is 1. The third kappa shape index (κ3) is 2.84. The summed E-state index contributed by atoms with van der Waals surface area (Å²) in [6.07, 6.45) is 1.94. The maximum Gasteiger partial charge on any atom is 0.258 e. The third-order valence-electron chi connectivity index (χ3n) is 6.19. The van der Waals surface area contributed by atoms with Gasteiger partial charge in [0.2, 0.25) is 0 Å². The molecule has 1 N–H and O–H groups in total. The zero-order valence-corrected chi connectivity index (χ0v) is 16.9. The predicted molar refractivity (Wildman–Crippen MR) is 117 cm³/mol. The number of aryl methyl sites for hydroxylation is 1. The minimum atomic E-state index is -0.0533. The van der Waals surface area contributed by atoms with Gasteiger partial charge in [-0.3, -0.25) is 9.20 Å². The smallest absolute Gasteiger partial charge is 0.258 e. The van der Waals surface area contributed by atoms with E-state index in [1.54, 1.807) is 21.8 Å². The molecular weight excluding hydrogens is 382 g/mol. The second kappa shape index (κ2) is 6.37. The minimum absolute atomic E-state index is 0.0533. The number of anilines is 1. The van der Waals surface area contributed by atoms with E-state index in [-0.39, 0.29) is 5.56 Å². The Balaban J connectivity index is 1.38. The van der Waals surface area contributed by atoms with Crippen LogP contribution in [0.5, 0.6) is 0 Å². The quantitative estimate of drug-likeness (QED) is 0.558. The van der Waals surface area contributed by atoms with Gasteiger partial charge in [-0.05, 0) is 43.0 Å². The summed E-state index contributed by atoms with van der Waals surface area (Å²) in [5.41, 5.74) is 4.29. The topological polar surface area (TPSA) is 62.5 Å². The van der Waals surface area contributed by atoms with Crippen molar-refractivity contribution in [1.29, 1.82) is 0 Å². The van der Waals surface area contributed by atoms with Crippen molar-refractivity contribution in [2.24, 2.45) is 11.8 Å². The zero-order chi connectivity index (χ0) is 19.5. The summed E-state index contributed by atoms with van der Waals surface area (Å²) in [6.45, 7) is 6.31. The van der Waals surface area contributed by atoms with Crippen molar-refractivity contribution < 1.29 is 0 Å². The van der Waals surface area contributed by atoms with Gasteiger partial charge in [-0.1, -0.05) is 6.07 Å². The maximum atomic E-state index is 12.9. The number of benzene rings is 1. The summed E-state index contributed by atoms with van der Waals surface area (Å²) in [7, 11) is 0. The van der Waals surface area contributed by atoms with E-state index in [0.717, 1.165) is 52.7 Å². The van der Waals surface area contributed by atoms with E-state index >= 15 is 0 Å². The van der Waals surface area contributed by atoms with Crippen LogP contribution in [0.3, 0.4) is 0 Å². The largest absolute Gasteiger partial charge is 0.370 e. The van der Waals surface area contributed by atoms with Gasteiger partial charge in [0.05, 0.1) is 26.6 Å². The molecule has 3 aromatic heterocycles. The van der Waals surface area contributed by atoms with E-state index in [0.29, 0.717) is 23.2 Å². The van der Waals surface area contributed by atoms with Crippen LogP contribution in [0, 0.1) is 18.8 Å². The molecule has 2 saturated heterocycles. The Kier molecular flexibility index (Phi) is 3.76. The monoisotopic (exact) mass is 403 g/mol. The number of hydrogen-bond acceptors (Lipinski definition) is 6. The number of rotatable bonds is 2. The van der Waals surface area contributed by atoms with Crippen molar-refractivity contribution in [3.05, 3.63) is 58.0 Å². The summed E-state index contributed by atoms with van der Waals surface area (Å²) in [6, 6.07) is 11.8. The van der Waals surface area contributed by atoms with Gasteiger partial charge < -0.3 is 10.2 Å². The third-order valence-corrected chi connectivity index (χ3v) is 7.14. The molecule has 0 aliphatic carbocycles. The lowest BCUT2D eigenvalue weighted by Crippen LogP contribution is -2.26. The molecule has 29 heavy (non-hydrogen) atoms. The van der Waals surface area contributed by atoms with E-state index in [1.807, 2.05) is 31.3 Å². The molecule has 4 aromatic rings. The molecule has 2 fully saturated rings. The van der Waals surface area contributed by atoms with Gasteiger partial charge in [-0.25, -0.2) is 9.97 Å². The molecule has 0 radical (unpaired) electrons. The molecule has 0 spiro atoms. The second-order valence-corrected chi connectivity index (χ2v) is 9.33. The highest BCUT2D eigenvalue weighted by Gasteiger charge is 2.36. The van der Waals surface area contributed by atoms with Crippen LogP contribution in [0.1, 0.15) is 5.01 Å². The summed E-state index contributed by atoms with van der Waals surface area (Å²) < 4.78 is 2.82. The van der Waals surface area contributed by atoms with Gasteiger partial charge in [0.25, 0.3) is 5.56 Å². The summed E-state index contributed by atoms with van der Waals surface area (Å²) >= 11 is 1.68. The van der Waals surface area contributed by atoms with Gasteiger partial charge in [0, 0.05) is 44.0 Å². The van der Waals surface area contributed by atoms with Gasteiger partial charge in [0.1, 0.15) is 5.65 Å². The predicted octanol–water partition coefficient (Wildman–Crippen LogP) is 2.94. The fraction of sp³-hybridized carbons (Fsp3) is 0.318. The van der Waals surface area contributed by atoms with E-state index in [9.17, 15) is 4.79 Å². The van der Waals surface area contributed by atoms with Gasteiger partial charge in [0.15, 0.2) is 0 Å². The van der Waals surface area contributed by atoms with Crippen molar-refractivity contribution in [3.8, 4) is 11.3 Å². The van der Waals surface area contributed by atoms with Crippen LogP contribution in [0.25, 0.3) is 27.1 Å². The first-order chi connectivity index (χ1) is 14.1. The van der Waals surface area contributed by atoms with Crippen LogP contribution in [0.4, 0.5) is 5.69 Å². The van der Waals surface area contributed by atoms with Crippen molar-refractivity contribution in [2.75, 3.05) is 31.1 Å². The number of fused-ring (bicyclic) bond motifs is 3. The highest BCUT2D eigenvalue weighted by Crippen LogP contribution is 2.31. The summed E-state index contributed by atoms with van der Waals surface area (Å²) in [5, 5.41) is 4.51. The van der Waals surface area contributed by atoms with Crippen LogP contribution in [-0.4, -0.2) is 40.5 Å². The molecule has 2 aliphatic heterocycles. The second-order valence-electron chi connectivity index (χ2n) is 8.09. The number of thiazole rings is 1. The standard InChI is InChI=1S/C22H21N5OS/c1-13-24-19-6-14(2-4-20(19)29-13)18-7-22(28)27-12-17(3-5-21(27)25-18)26-10-15-8-23-9-16(15)11-26/h2-7,12,15-16,23H,8-11H2,1H3/t15-,16+.